The van der Waals surface area contributed by atoms with E-state index < -0.39 is 0 Å². The molecule has 0 spiro atoms. The van der Waals surface area contributed by atoms with Gasteiger partial charge in [-0.05, 0) is 26.7 Å². The van der Waals surface area contributed by atoms with Crippen molar-refractivity contribution in [2.24, 2.45) is 0 Å². The van der Waals surface area contributed by atoms with Crippen LogP contribution < -0.4 is 0 Å². The molecular formula is C16H24N4O3. The lowest BCUT2D eigenvalue weighted by Gasteiger charge is -2.32. The molecule has 2 aliphatic rings. The van der Waals surface area contributed by atoms with Crippen LogP contribution in [0.5, 0.6) is 0 Å². The first-order chi connectivity index (χ1) is 11.1. The van der Waals surface area contributed by atoms with Crippen LogP contribution in [0, 0.1) is 6.92 Å². The maximum absolute atomic E-state index is 12.9. The van der Waals surface area contributed by atoms with Crippen LogP contribution >= 0.6 is 0 Å². The van der Waals surface area contributed by atoms with E-state index >= 15 is 0 Å². The minimum Gasteiger partial charge on any atom is -0.378 e. The first-order valence-electron chi connectivity index (χ1n) is 8.33. The maximum atomic E-state index is 12.9. The molecule has 3 rings (SSSR count). The molecule has 7 nitrogen and oxygen atoms in total. The van der Waals surface area contributed by atoms with Gasteiger partial charge in [0, 0.05) is 32.4 Å². The van der Waals surface area contributed by atoms with Gasteiger partial charge in [-0.15, -0.1) is 0 Å². The van der Waals surface area contributed by atoms with E-state index in [1.807, 2.05) is 18.7 Å². The minimum atomic E-state index is -0.343. The van der Waals surface area contributed by atoms with Crippen molar-refractivity contribution in [3.63, 3.8) is 0 Å². The van der Waals surface area contributed by atoms with E-state index in [4.69, 9.17) is 4.74 Å². The minimum absolute atomic E-state index is 0.0553. The lowest BCUT2D eigenvalue weighted by Crippen LogP contribution is -2.51. The van der Waals surface area contributed by atoms with E-state index in [0.717, 1.165) is 25.1 Å². The average Bonchev–Trinajstić information content (AvgIpc) is 3.21. The molecule has 2 amide bonds. The van der Waals surface area contributed by atoms with Crippen molar-refractivity contribution in [1.29, 1.82) is 0 Å². The second-order valence-electron chi connectivity index (χ2n) is 6.08. The van der Waals surface area contributed by atoms with E-state index in [1.165, 1.54) is 0 Å². The number of rotatable bonds is 3. The van der Waals surface area contributed by atoms with Crippen LogP contribution in [-0.4, -0.2) is 70.3 Å². The fourth-order valence-electron chi connectivity index (χ4n) is 3.31. The first-order valence-corrected chi connectivity index (χ1v) is 8.33. The van der Waals surface area contributed by atoms with Crippen molar-refractivity contribution >= 4 is 11.8 Å². The highest BCUT2D eigenvalue weighted by atomic mass is 16.5. The van der Waals surface area contributed by atoms with E-state index in [-0.39, 0.29) is 17.9 Å². The fraction of sp³-hybridized carbons (Fsp3) is 0.688. The molecule has 23 heavy (non-hydrogen) atoms. The van der Waals surface area contributed by atoms with Crippen LogP contribution in [0.3, 0.4) is 0 Å². The highest BCUT2D eigenvalue weighted by molar-refractivity contribution is 5.98. The predicted molar refractivity (Wildman–Crippen MR) is 84.1 cm³/mol. The Bertz CT molecular complexity index is 592. The molecule has 7 heteroatoms. The number of hydrogen-bond donors (Lipinski definition) is 0. The monoisotopic (exact) mass is 320 g/mol. The van der Waals surface area contributed by atoms with Crippen LogP contribution in [0.1, 0.15) is 35.8 Å². The lowest BCUT2D eigenvalue weighted by molar-refractivity contribution is -0.139. The molecule has 0 radical (unpaired) electrons. The molecule has 0 N–H and O–H groups in total. The predicted octanol–water partition coefficient (Wildman–Crippen LogP) is 0.675. The summed E-state index contributed by atoms with van der Waals surface area (Å²) >= 11 is 0. The number of nitrogens with zero attached hydrogens (tertiary/aromatic N) is 4. The smallest absolute Gasteiger partial charge is 0.258 e. The molecule has 3 heterocycles. The number of carbonyl (C=O) groups excluding carboxylic acids is 2. The van der Waals surface area contributed by atoms with Crippen molar-refractivity contribution in [3.8, 4) is 0 Å². The molecule has 1 atom stereocenters. The standard InChI is InChI=1S/C16H24N4O3/c1-3-19-11-13(12(2)17-19)15(21)20-6-4-5-14(20)16(22)18-7-9-23-10-8-18/h11,14H,3-10H2,1-2H3. The molecule has 1 aromatic heterocycles. The van der Waals surface area contributed by atoms with Crippen molar-refractivity contribution < 1.29 is 14.3 Å². The quantitative estimate of drug-likeness (QED) is 0.821. The highest BCUT2D eigenvalue weighted by Gasteiger charge is 2.38. The van der Waals surface area contributed by atoms with Crippen LogP contribution in [0.25, 0.3) is 0 Å². The SMILES string of the molecule is CCn1cc(C(=O)N2CCCC2C(=O)N2CCOCC2)c(C)n1. The van der Waals surface area contributed by atoms with Crippen LogP contribution in [0.2, 0.25) is 0 Å². The lowest BCUT2D eigenvalue weighted by atomic mass is 10.1. The van der Waals surface area contributed by atoms with Crippen molar-refractivity contribution in [3.05, 3.63) is 17.5 Å². The number of likely N-dealkylation sites (tertiary alicyclic amines) is 1. The van der Waals surface area contributed by atoms with Crippen LogP contribution in [0.4, 0.5) is 0 Å². The molecule has 0 bridgehead atoms. The van der Waals surface area contributed by atoms with Crippen LogP contribution in [0.15, 0.2) is 6.20 Å². The summed E-state index contributed by atoms with van der Waals surface area (Å²) in [5.41, 5.74) is 1.33. The Morgan fingerprint density at radius 2 is 2.04 bits per heavy atom. The second-order valence-corrected chi connectivity index (χ2v) is 6.08. The average molecular weight is 320 g/mol. The third kappa shape index (κ3) is 3.10. The number of hydrogen-bond acceptors (Lipinski definition) is 4. The van der Waals surface area contributed by atoms with Crippen molar-refractivity contribution in [2.45, 2.75) is 39.3 Å². The summed E-state index contributed by atoms with van der Waals surface area (Å²) in [5, 5.41) is 4.34. The normalized spacial score (nSPS) is 21.7. The zero-order valence-electron chi connectivity index (χ0n) is 13.8. The Kier molecular flexibility index (Phi) is 4.66. The van der Waals surface area contributed by atoms with Gasteiger partial charge < -0.3 is 14.5 Å². The molecule has 126 valence electrons. The third-order valence-electron chi connectivity index (χ3n) is 4.62. The highest BCUT2D eigenvalue weighted by Crippen LogP contribution is 2.23. The zero-order chi connectivity index (χ0) is 16.4. The van der Waals surface area contributed by atoms with Gasteiger partial charge in [-0.2, -0.15) is 5.10 Å². The fourth-order valence-corrected chi connectivity index (χ4v) is 3.31. The summed E-state index contributed by atoms with van der Waals surface area (Å²) in [6.45, 7) is 7.58. The summed E-state index contributed by atoms with van der Waals surface area (Å²) in [4.78, 5) is 29.2. The van der Waals surface area contributed by atoms with Gasteiger partial charge in [0.15, 0.2) is 0 Å². The van der Waals surface area contributed by atoms with Gasteiger partial charge >= 0.3 is 0 Å². The second kappa shape index (κ2) is 6.70. The van der Waals surface area contributed by atoms with Gasteiger partial charge in [0.25, 0.3) is 5.91 Å². The Morgan fingerprint density at radius 1 is 1.30 bits per heavy atom. The molecule has 1 unspecified atom stereocenters. The largest absolute Gasteiger partial charge is 0.378 e. The Balaban J connectivity index is 1.76. The van der Waals surface area contributed by atoms with E-state index in [9.17, 15) is 9.59 Å². The number of aromatic nitrogens is 2. The van der Waals surface area contributed by atoms with Gasteiger partial charge in [0.05, 0.1) is 24.5 Å². The molecule has 0 saturated carbocycles. The molecule has 2 aliphatic heterocycles. The van der Waals surface area contributed by atoms with Gasteiger partial charge in [-0.25, -0.2) is 0 Å². The Labute approximate surface area is 136 Å². The van der Waals surface area contributed by atoms with Crippen LogP contribution in [-0.2, 0) is 16.1 Å². The van der Waals surface area contributed by atoms with Crippen molar-refractivity contribution in [2.75, 3.05) is 32.8 Å². The van der Waals surface area contributed by atoms with E-state index in [1.54, 1.807) is 15.8 Å². The number of aryl methyl sites for hydroxylation is 2. The maximum Gasteiger partial charge on any atom is 0.258 e. The number of morpholine rings is 1. The summed E-state index contributed by atoms with van der Waals surface area (Å²) in [5.74, 6) is -0.0222. The van der Waals surface area contributed by atoms with E-state index in [0.29, 0.717) is 38.4 Å². The number of carbonyl (C=O) groups is 2. The third-order valence-corrected chi connectivity index (χ3v) is 4.62. The molecule has 2 fully saturated rings. The zero-order valence-corrected chi connectivity index (χ0v) is 13.8. The molecule has 1 aromatic rings. The van der Waals surface area contributed by atoms with Crippen molar-refractivity contribution in [1.82, 2.24) is 19.6 Å². The van der Waals surface area contributed by atoms with Gasteiger partial charge in [0.2, 0.25) is 5.91 Å². The first kappa shape index (κ1) is 16.0. The summed E-state index contributed by atoms with van der Waals surface area (Å²) < 4.78 is 7.06. The molecule has 0 aliphatic carbocycles. The summed E-state index contributed by atoms with van der Waals surface area (Å²) in [6.07, 6.45) is 3.39. The summed E-state index contributed by atoms with van der Waals surface area (Å²) in [7, 11) is 0. The number of amides is 2. The Hall–Kier alpha value is -1.89. The van der Waals surface area contributed by atoms with Gasteiger partial charge in [-0.1, -0.05) is 0 Å². The topological polar surface area (TPSA) is 67.7 Å². The molecular weight excluding hydrogens is 296 g/mol. The number of ether oxygens (including phenoxy) is 1. The molecule has 2 saturated heterocycles. The molecule has 0 aromatic carbocycles. The Morgan fingerprint density at radius 3 is 2.70 bits per heavy atom. The van der Waals surface area contributed by atoms with Gasteiger partial charge in [0.1, 0.15) is 6.04 Å². The summed E-state index contributed by atoms with van der Waals surface area (Å²) in [6, 6.07) is -0.343. The van der Waals surface area contributed by atoms with E-state index in [2.05, 4.69) is 5.10 Å². The van der Waals surface area contributed by atoms with Gasteiger partial charge in [-0.3, -0.25) is 14.3 Å².